The molecule has 5 rings (SSSR count). The molecule has 2 N–H and O–H groups in total. The molecule has 0 amide bonds. The van der Waals surface area contributed by atoms with Crippen molar-refractivity contribution in [3.05, 3.63) is 34.9 Å². The van der Waals surface area contributed by atoms with Crippen LogP contribution in [0.4, 0.5) is 0 Å². The molecule has 28 heavy (non-hydrogen) atoms. The number of rotatable bonds is 1. The number of aliphatic imine (C=N–C) groups is 2. The van der Waals surface area contributed by atoms with Gasteiger partial charge in [-0.05, 0) is 69.6 Å². The second kappa shape index (κ2) is 6.46. The maximum atomic E-state index is 6.26. The summed E-state index contributed by atoms with van der Waals surface area (Å²) in [4.78, 5) is 10.2. The van der Waals surface area contributed by atoms with Crippen LogP contribution in [-0.2, 0) is 16.8 Å². The molecule has 2 spiro atoms. The molecule has 1 aromatic carbocycles. The van der Waals surface area contributed by atoms with E-state index < -0.39 is 5.66 Å². The first kappa shape index (κ1) is 17.9. The van der Waals surface area contributed by atoms with Gasteiger partial charge in [0.2, 0.25) is 0 Å². The molecule has 0 saturated heterocycles. The van der Waals surface area contributed by atoms with Crippen LogP contribution in [0.5, 0.6) is 0 Å². The molecule has 1 aliphatic heterocycles. The summed E-state index contributed by atoms with van der Waals surface area (Å²) in [6.45, 7) is 1.99. The van der Waals surface area contributed by atoms with Crippen molar-refractivity contribution >= 4 is 11.5 Å². The number of benzene rings is 1. The normalized spacial score (nSPS) is 33.9. The molecule has 4 aliphatic rings. The summed E-state index contributed by atoms with van der Waals surface area (Å²) in [7, 11) is 1.82. The zero-order chi connectivity index (χ0) is 19.4. The lowest BCUT2D eigenvalue weighted by atomic mass is 9.65. The zero-order valence-electron chi connectivity index (χ0n) is 16.9. The summed E-state index contributed by atoms with van der Waals surface area (Å²) in [5, 5.41) is 0. The van der Waals surface area contributed by atoms with Crippen LogP contribution in [0.3, 0.4) is 0 Å². The van der Waals surface area contributed by atoms with E-state index in [1.165, 1.54) is 30.4 Å². The molecule has 4 nitrogen and oxygen atoms in total. The van der Waals surface area contributed by atoms with E-state index in [0.29, 0.717) is 17.9 Å². The SMILES string of the molecule is COC1CCC2(CC1)Cc1ccc(C#CC3CCC3)cc1[C@]21N=C(C)C(N)=N1. The van der Waals surface area contributed by atoms with Gasteiger partial charge in [0.15, 0.2) is 5.66 Å². The van der Waals surface area contributed by atoms with E-state index in [9.17, 15) is 0 Å². The van der Waals surface area contributed by atoms with Crippen molar-refractivity contribution in [3.8, 4) is 11.8 Å². The summed E-state index contributed by atoms with van der Waals surface area (Å²) in [6.07, 6.45) is 9.43. The largest absolute Gasteiger partial charge is 0.382 e. The van der Waals surface area contributed by atoms with Crippen molar-refractivity contribution in [3.63, 3.8) is 0 Å². The molecule has 1 atom stereocenters. The first-order valence-corrected chi connectivity index (χ1v) is 10.7. The Bertz CT molecular complexity index is 903. The second-order valence-electron chi connectivity index (χ2n) is 9.03. The summed E-state index contributed by atoms with van der Waals surface area (Å²) in [6, 6.07) is 6.68. The molecule has 3 aliphatic carbocycles. The molecule has 0 unspecified atom stereocenters. The number of hydrogen-bond donors (Lipinski definition) is 1. The maximum Gasteiger partial charge on any atom is 0.184 e. The number of nitrogens with zero attached hydrogens (tertiary/aromatic N) is 2. The molecule has 146 valence electrons. The van der Waals surface area contributed by atoms with E-state index in [-0.39, 0.29) is 5.41 Å². The van der Waals surface area contributed by atoms with E-state index in [4.69, 9.17) is 20.5 Å². The highest BCUT2D eigenvalue weighted by atomic mass is 16.5. The molecule has 4 heteroatoms. The molecule has 1 heterocycles. The van der Waals surface area contributed by atoms with E-state index >= 15 is 0 Å². The van der Waals surface area contributed by atoms with Crippen LogP contribution in [0.25, 0.3) is 0 Å². The lowest BCUT2D eigenvalue weighted by molar-refractivity contribution is -0.000378. The van der Waals surface area contributed by atoms with Gasteiger partial charge in [-0.25, -0.2) is 4.99 Å². The van der Waals surface area contributed by atoms with Crippen molar-refractivity contribution in [2.24, 2.45) is 27.1 Å². The van der Waals surface area contributed by atoms with Crippen molar-refractivity contribution < 1.29 is 4.74 Å². The highest BCUT2D eigenvalue weighted by molar-refractivity contribution is 6.41. The number of methoxy groups -OCH3 is 1. The van der Waals surface area contributed by atoms with E-state index in [0.717, 1.165) is 43.4 Å². The minimum Gasteiger partial charge on any atom is -0.382 e. The summed E-state index contributed by atoms with van der Waals surface area (Å²) < 4.78 is 5.64. The molecule has 1 aromatic rings. The Labute approximate surface area is 167 Å². The molecule has 2 saturated carbocycles. The Morgan fingerprint density at radius 3 is 2.54 bits per heavy atom. The smallest absolute Gasteiger partial charge is 0.184 e. The standard InChI is InChI=1S/C24H29N3O/c1-16-22(25)27-24(26-16)21-14-18(7-6-17-4-3-5-17)8-9-19(21)15-23(24)12-10-20(28-2)11-13-23/h8-9,14,17,20H,3-5,10-13,15H2,1-2H3,(H2,25,27)/t20?,23?,24-/m1/s1. The minimum atomic E-state index is -0.566. The topological polar surface area (TPSA) is 60.0 Å². The van der Waals surface area contributed by atoms with E-state index in [1.807, 2.05) is 14.0 Å². The Hall–Kier alpha value is -2.12. The van der Waals surface area contributed by atoms with Gasteiger partial charge in [0.05, 0.1) is 11.8 Å². The van der Waals surface area contributed by atoms with Crippen LogP contribution < -0.4 is 5.73 Å². The minimum absolute atomic E-state index is 0.00671. The summed E-state index contributed by atoms with van der Waals surface area (Å²) in [5.74, 6) is 8.03. The van der Waals surface area contributed by atoms with Gasteiger partial charge in [0.25, 0.3) is 0 Å². The van der Waals surface area contributed by atoms with Crippen molar-refractivity contribution in [2.45, 2.75) is 70.1 Å². The fourth-order valence-electron chi connectivity index (χ4n) is 5.49. The fourth-order valence-corrected chi connectivity index (χ4v) is 5.49. The lowest BCUT2D eigenvalue weighted by Gasteiger charge is -2.44. The van der Waals surface area contributed by atoms with Crippen molar-refractivity contribution in [1.82, 2.24) is 0 Å². The number of fused-ring (bicyclic) bond motifs is 3. The first-order chi connectivity index (χ1) is 13.6. The molecule has 0 bridgehead atoms. The number of amidine groups is 1. The van der Waals surface area contributed by atoms with Crippen molar-refractivity contribution in [2.75, 3.05) is 7.11 Å². The third-order valence-electron chi connectivity index (χ3n) is 7.49. The zero-order valence-corrected chi connectivity index (χ0v) is 16.9. The number of nitrogens with two attached hydrogens (primary N) is 1. The van der Waals surface area contributed by atoms with Crippen LogP contribution in [0, 0.1) is 23.2 Å². The Balaban J connectivity index is 1.57. The van der Waals surface area contributed by atoms with Gasteiger partial charge in [-0.15, -0.1) is 0 Å². The third kappa shape index (κ3) is 2.56. The number of hydrogen-bond acceptors (Lipinski definition) is 4. The predicted octanol–water partition coefficient (Wildman–Crippen LogP) is 3.95. The molecular formula is C24H29N3O. The quantitative estimate of drug-likeness (QED) is 0.756. The number of ether oxygens (including phenoxy) is 1. The van der Waals surface area contributed by atoms with E-state index in [2.05, 4.69) is 30.0 Å². The van der Waals surface area contributed by atoms with Gasteiger partial charge in [0.1, 0.15) is 5.84 Å². The lowest BCUT2D eigenvalue weighted by Crippen LogP contribution is -2.43. The Kier molecular flexibility index (Phi) is 4.14. The van der Waals surface area contributed by atoms with Gasteiger partial charge in [-0.3, -0.25) is 4.99 Å². The highest BCUT2D eigenvalue weighted by Crippen LogP contribution is 2.61. The van der Waals surface area contributed by atoms with Crippen LogP contribution in [-0.4, -0.2) is 24.8 Å². The first-order valence-electron chi connectivity index (χ1n) is 10.7. The Morgan fingerprint density at radius 2 is 1.93 bits per heavy atom. The highest BCUT2D eigenvalue weighted by Gasteiger charge is 2.60. The van der Waals surface area contributed by atoms with Crippen molar-refractivity contribution in [1.29, 1.82) is 0 Å². The molecular weight excluding hydrogens is 346 g/mol. The van der Waals surface area contributed by atoms with Crippen LogP contribution in [0.1, 0.15) is 68.6 Å². The molecule has 2 fully saturated rings. The average molecular weight is 376 g/mol. The van der Waals surface area contributed by atoms with Gasteiger partial charge in [-0.2, -0.15) is 0 Å². The van der Waals surface area contributed by atoms with Gasteiger partial charge in [-0.1, -0.05) is 24.3 Å². The Morgan fingerprint density at radius 1 is 1.14 bits per heavy atom. The van der Waals surface area contributed by atoms with E-state index in [1.54, 1.807) is 0 Å². The third-order valence-corrected chi connectivity index (χ3v) is 7.49. The molecule has 0 aromatic heterocycles. The predicted molar refractivity (Wildman–Crippen MR) is 112 cm³/mol. The average Bonchev–Trinajstić information content (AvgIpc) is 3.10. The fraction of sp³-hybridized carbons (Fsp3) is 0.583. The second-order valence-corrected chi connectivity index (χ2v) is 9.03. The summed E-state index contributed by atoms with van der Waals surface area (Å²) in [5.41, 5.74) is 10.2. The molecule has 0 radical (unpaired) electrons. The van der Waals surface area contributed by atoms with Gasteiger partial charge >= 0.3 is 0 Å². The summed E-state index contributed by atoms with van der Waals surface area (Å²) >= 11 is 0. The monoisotopic (exact) mass is 375 g/mol. The maximum absolute atomic E-state index is 6.26. The van der Waals surface area contributed by atoms with Crippen LogP contribution in [0.2, 0.25) is 0 Å². The van der Waals surface area contributed by atoms with Gasteiger partial charge < -0.3 is 10.5 Å². The van der Waals surface area contributed by atoms with Gasteiger partial charge in [0, 0.05) is 29.6 Å². The van der Waals surface area contributed by atoms with Crippen LogP contribution >= 0.6 is 0 Å². The van der Waals surface area contributed by atoms with Crippen LogP contribution in [0.15, 0.2) is 28.2 Å².